The molecule has 0 aromatic heterocycles. The van der Waals surface area contributed by atoms with Crippen molar-refractivity contribution in [3.63, 3.8) is 0 Å². The molecule has 0 bridgehead atoms. The third-order valence-electron chi connectivity index (χ3n) is 12.1. The summed E-state index contributed by atoms with van der Waals surface area (Å²) in [7, 11) is 0. The highest BCUT2D eigenvalue weighted by Gasteiger charge is 2.65. The van der Waals surface area contributed by atoms with Crippen molar-refractivity contribution in [1.82, 2.24) is 5.48 Å². The molecule has 9 atom stereocenters. The number of aliphatic hydroxyl groups is 2. The van der Waals surface area contributed by atoms with Crippen LogP contribution in [0.25, 0.3) is 0 Å². The summed E-state index contributed by atoms with van der Waals surface area (Å²) in [6.07, 6.45) is 2.68. The zero-order valence-corrected chi connectivity index (χ0v) is 28.4. The zero-order chi connectivity index (χ0) is 33.6. The SMILES string of the molecule is C=C(CC[C@@H](C)[C@H]1CC=C2C3=C([C@@H](O)[C@H](OC(C)=O)[C@@]21C)[C@@]1(C)C[C@@H](OC(=O)CCC(=O)NO)[C@H](O)C(C)(C)[C@@H]1CC3)C(C)C. The summed E-state index contributed by atoms with van der Waals surface area (Å²) in [5, 5.41) is 32.7. The average molecular weight is 630 g/mol. The van der Waals surface area contributed by atoms with Crippen molar-refractivity contribution in [2.75, 3.05) is 0 Å². The van der Waals surface area contributed by atoms with Crippen molar-refractivity contribution < 1.29 is 39.3 Å². The lowest BCUT2D eigenvalue weighted by atomic mass is 9.45. The molecule has 4 rings (SSSR count). The normalized spacial score (nSPS) is 35.9. The van der Waals surface area contributed by atoms with Gasteiger partial charge in [0.05, 0.1) is 12.5 Å². The van der Waals surface area contributed by atoms with E-state index in [-0.39, 0.29) is 31.1 Å². The van der Waals surface area contributed by atoms with Gasteiger partial charge >= 0.3 is 11.9 Å². The van der Waals surface area contributed by atoms with Crippen molar-refractivity contribution in [2.24, 2.45) is 39.9 Å². The standard InChI is InChI=1S/C36H55NO8/c1-19(2)20(3)10-11-21(4)24-13-14-25-23-12-15-27-34(6,7)32(42)26(45-29(40)17-16-28(39)37-43)18-35(27,8)30(23)31(41)33(36(24,25)9)44-22(5)38/h14,19,21,24,26-27,31-33,41-43H,3,10-13,15-18H2,1-2,4-9H3,(H,37,39)/t21-,24-,26-,27+,31-,32+,33+,35+,36-/m1/s1. The van der Waals surface area contributed by atoms with Crippen LogP contribution >= 0.6 is 0 Å². The van der Waals surface area contributed by atoms with E-state index in [1.807, 2.05) is 13.8 Å². The molecule has 9 nitrogen and oxygen atoms in total. The lowest BCUT2D eigenvalue weighted by Gasteiger charge is -2.62. The quantitative estimate of drug-likeness (QED) is 0.106. The Balaban J connectivity index is 1.73. The summed E-state index contributed by atoms with van der Waals surface area (Å²) in [6, 6.07) is 0. The Hall–Kier alpha value is -2.49. The Morgan fingerprint density at radius 3 is 2.33 bits per heavy atom. The molecule has 0 aromatic carbocycles. The Kier molecular flexibility index (Phi) is 10.2. The molecular formula is C36H55NO8. The van der Waals surface area contributed by atoms with Crippen LogP contribution in [-0.4, -0.2) is 57.7 Å². The maximum absolute atomic E-state index is 12.8. The van der Waals surface area contributed by atoms with Crippen LogP contribution in [0.2, 0.25) is 0 Å². The van der Waals surface area contributed by atoms with E-state index < -0.39 is 58.5 Å². The van der Waals surface area contributed by atoms with Gasteiger partial charge in [-0.25, -0.2) is 5.48 Å². The number of hydroxylamine groups is 1. The average Bonchev–Trinajstić information content (AvgIpc) is 3.32. The summed E-state index contributed by atoms with van der Waals surface area (Å²) < 4.78 is 11.9. The maximum atomic E-state index is 12.8. The highest BCUT2D eigenvalue weighted by Crippen LogP contribution is 2.67. The number of amides is 1. The third kappa shape index (κ3) is 6.17. The molecule has 45 heavy (non-hydrogen) atoms. The van der Waals surface area contributed by atoms with Crippen LogP contribution in [0.3, 0.4) is 0 Å². The van der Waals surface area contributed by atoms with Gasteiger partial charge in [-0.1, -0.05) is 66.7 Å². The van der Waals surface area contributed by atoms with Gasteiger partial charge in [0.2, 0.25) is 5.91 Å². The number of carbonyl (C=O) groups excluding carboxylic acids is 3. The fourth-order valence-corrected chi connectivity index (χ4v) is 9.63. The van der Waals surface area contributed by atoms with E-state index in [9.17, 15) is 24.6 Å². The number of aliphatic hydroxyl groups excluding tert-OH is 2. The van der Waals surface area contributed by atoms with Crippen molar-refractivity contribution in [3.8, 4) is 0 Å². The minimum Gasteiger partial charge on any atom is -0.460 e. The molecule has 4 aliphatic carbocycles. The number of fused-ring (bicyclic) bond motifs is 4. The minimum absolute atomic E-state index is 0.0374. The molecule has 4 aliphatic rings. The molecule has 0 radical (unpaired) electrons. The first kappa shape index (κ1) is 35.4. The minimum atomic E-state index is -1.06. The molecule has 0 saturated heterocycles. The molecule has 1 fully saturated rings. The van der Waals surface area contributed by atoms with Gasteiger partial charge in [-0.15, -0.1) is 0 Å². The van der Waals surface area contributed by atoms with E-state index in [0.29, 0.717) is 11.8 Å². The summed E-state index contributed by atoms with van der Waals surface area (Å²) in [6.45, 7) is 20.4. The number of hydrogen-bond donors (Lipinski definition) is 4. The summed E-state index contributed by atoms with van der Waals surface area (Å²) in [5.41, 5.74) is 3.93. The van der Waals surface area contributed by atoms with Crippen LogP contribution in [0.15, 0.2) is 34.9 Å². The van der Waals surface area contributed by atoms with Gasteiger partial charge in [0.1, 0.15) is 18.3 Å². The van der Waals surface area contributed by atoms with Gasteiger partial charge in [0.15, 0.2) is 0 Å². The van der Waals surface area contributed by atoms with Crippen molar-refractivity contribution >= 4 is 17.8 Å². The van der Waals surface area contributed by atoms with E-state index in [2.05, 4.69) is 47.3 Å². The molecule has 0 aromatic rings. The Morgan fingerprint density at radius 1 is 1.07 bits per heavy atom. The molecule has 0 unspecified atom stereocenters. The van der Waals surface area contributed by atoms with Crippen LogP contribution in [-0.2, 0) is 23.9 Å². The van der Waals surface area contributed by atoms with Crippen molar-refractivity contribution in [2.45, 2.75) is 131 Å². The second-order valence-electron chi connectivity index (χ2n) is 15.5. The molecule has 0 heterocycles. The van der Waals surface area contributed by atoms with E-state index in [1.165, 1.54) is 18.0 Å². The molecular weight excluding hydrogens is 574 g/mol. The van der Waals surface area contributed by atoms with E-state index >= 15 is 0 Å². The van der Waals surface area contributed by atoms with Crippen LogP contribution in [0.5, 0.6) is 0 Å². The molecule has 1 saturated carbocycles. The largest absolute Gasteiger partial charge is 0.460 e. The number of hydrogen-bond acceptors (Lipinski definition) is 8. The topological polar surface area (TPSA) is 142 Å². The van der Waals surface area contributed by atoms with Gasteiger partial charge in [0, 0.05) is 18.8 Å². The summed E-state index contributed by atoms with van der Waals surface area (Å²) >= 11 is 0. The number of allylic oxidation sites excluding steroid dienone is 3. The van der Waals surface area contributed by atoms with Crippen LogP contribution in [0.4, 0.5) is 0 Å². The predicted molar refractivity (Wildman–Crippen MR) is 170 cm³/mol. The van der Waals surface area contributed by atoms with Gasteiger partial charge in [-0.05, 0) is 89.7 Å². The molecule has 4 N–H and O–H groups in total. The summed E-state index contributed by atoms with van der Waals surface area (Å²) in [5.74, 6) is -0.927. The number of rotatable bonds is 10. The van der Waals surface area contributed by atoms with Crippen LogP contribution in [0, 0.1) is 39.9 Å². The number of esters is 2. The third-order valence-corrected chi connectivity index (χ3v) is 12.1. The van der Waals surface area contributed by atoms with Crippen LogP contribution < -0.4 is 5.48 Å². The monoisotopic (exact) mass is 629 g/mol. The van der Waals surface area contributed by atoms with E-state index in [1.54, 1.807) is 0 Å². The Labute approximate surface area is 268 Å². The first-order valence-corrected chi connectivity index (χ1v) is 16.7. The van der Waals surface area contributed by atoms with Crippen LogP contribution in [0.1, 0.15) is 107 Å². The summed E-state index contributed by atoms with van der Waals surface area (Å²) in [4.78, 5) is 36.9. The lowest BCUT2D eigenvalue weighted by molar-refractivity contribution is -0.194. The maximum Gasteiger partial charge on any atom is 0.306 e. The molecule has 252 valence electrons. The van der Waals surface area contributed by atoms with Gasteiger partial charge in [-0.3, -0.25) is 19.6 Å². The van der Waals surface area contributed by atoms with Crippen molar-refractivity contribution in [1.29, 1.82) is 0 Å². The van der Waals surface area contributed by atoms with E-state index in [4.69, 9.17) is 14.7 Å². The first-order chi connectivity index (χ1) is 20.9. The number of carbonyl (C=O) groups is 3. The fourth-order valence-electron chi connectivity index (χ4n) is 9.63. The zero-order valence-electron chi connectivity index (χ0n) is 28.4. The highest BCUT2D eigenvalue weighted by atomic mass is 16.6. The van der Waals surface area contributed by atoms with Crippen molar-refractivity contribution in [3.05, 3.63) is 34.9 Å². The second-order valence-corrected chi connectivity index (χ2v) is 15.5. The van der Waals surface area contributed by atoms with Gasteiger partial charge in [-0.2, -0.15) is 0 Å². The molecule has 9 heteroatoms. The number of ether oxygens (including phenoxy) is 2. The highest BCUT2D eigenvalue weighted by molar-refractivity contribution is 5.80. The Bertz CT molecular complexity index is 1270. The van der Waals surface area contributed by atoms with Gasteiger partial charge in [0.25, 0.3) is 0 Å². The lowest BCUT2D eigenvalue weighted by Crippen LogP contribution is -2.63. The second kappa shape index (κ2) is 13.0. The molecule has 0 spiro atoms. The smallest absolute Gasteiger partial charge is 0.306 e. The fraction of sp³-hybridized carbons (Fsp3) is 0.750. The first-order valence-electron chi connectivity index (χ1n) is 16.7. The molecule has 0 aliphatic heterocycles. The van der Waals surface area contributed by atoms with Gasteiger partial charge < -0.3 is 19.7 Å². The number of nitrogens with one attached hydrogen (secondary N) is 1. The Morgan fingerprint density at radius 2 is 1.73 bits per heavy atom. The molecule has 1 amide bonds. The predicted octanol–water partition coefficient (Wildman–Crippen LogP) is 5.57. The van der Waals surface area contributed by atoms with E-state index in [0.717, 1.165) is 48.8 Å².